The Kier molecular flexibility index (Phi) is 7.48. The van der Waals surface area contributed by atoms with Crippen molar-refractivity contribution in [3.05, 3.63) is 0 Å². The molecule has 2 N–H and O–H groups in total. The molecule has 1 rings (SSSR count). The lowest BCUT2D eigenvalue weighted by Gasteiger charge is -2.19. The lowest BCUT2D eigenvalue weighted by molar-refractivity contribution is -0.135. The van der Waals surface area contributed by atoms with Gasteiger partial charge < -0.3 is 15.3 Å². The van der Waals surface area contributed by atoms with Gasteiger partial charge in [-0.15, -0.1) is 0 Å². The summed E-state index contributed by atoms with van der Waals surface area (Å²) >= 11 is 0. The summed E-state index contributed by atoms with van der Waals surface area (Å²) in [5.74, 6) is 0.303. The molecule has 5 heteroatoms. The van der Waals surface area contributed by atoms with Gasteiger partial charge in [0.05, 0.1) is 6.54 Å². The van der Waals surface area contributed by atoms with E-state index < -0.39 is 0 Å². The number of carbonyl (C=O) groups excluding carboxylic acids is 2. The van der Waals surface area contributed by atoms with E-state index in [9.17, 15) is 9.59 Å². The fraction of sp³-hybridized carbons (Fsp3) is 0.857. The fourth-order valence-electron chi connectivity index (χ4n) is 2.20. The molecule has 1 saturated heterocycles. The molecule has 0 radical (unpaired) electrons. The number of carbonyl (C=O) groups is 2. The summed E-state index contributed by atoms with van der Waals surface area (Å²) < 4.78 is 0. The predicted molar refractivity (Wildman–Crippen MR) is 73.5 cm³/mol. The maximum Gasteiger partial charge on any atom is 0.239 e. The van der Waals surface area contributed by atoms with Crippen LogP contribution in [-0.2, 0) is 9.59 Å². The lowest BCUT2D eigenvalue weighted by atomic mass is 10.1. The van der Waals surface area contributed by atoms with Crippen LogP contribution in [-0.4, -0.2) is 48.1 Å². The molecule has 1 fully saturated rings. The molecule has 2 amide bonds. The van der Waals surface area contributed by atoms with Crippen LogP contribution in [0.4, 0.5) is 0 Å². The number of rotatable bonds is 7. The number of likely N-dealkylation sites (tertiary alicyclic amines) is 1. The van der Waals surface area contributed by atoms with Crippen molar-refractivity contribution in [1.29, 1.82) is 0 Å². The van der Waals surface area contributed by atoms with Gasteiger partial charge in [-0.25, -0.2) is 0 Å². The molecule has 5 nitrogen and oxygen atoms in total. The third-order valence-corrected chi connectivity index (χ3v) is 3.51. The van der Waals surface area contributed by atoms with E-state index in [0.29, 0.717) is 19.5 Å². The second-order valence-electron chi connectivity index (χ2n) is 5.41. The van der Waals surface area contributed by atoms with Crippen molar-refractivity contribution in [2.75, 3.05) is 26.2 Å². The quantitative estimate of drug-likeness (QED) is 0.676. The van der Waals surface area contributed by atoms with E-state index in [1.807, 2.05) is 6.92 Å². The van der Waals surface area contributed by atoms with Crippen molar-refractivity contribution in [3.8, 4) is 0 Å². The molecule has 1 heterocycles. The Morgan fingerprint density at radius 2 is 2.21 bits per heavy atom. The average molecular weight is 270 g/mol. The molecular weight excluding hydrogens is 244 g/mol. The average Bonchev–Trinajstić information content (AvgIpc) is 2.60. The first-order chi connectivity index (χ1) is 9.13. The van der Waals surface area contributed by atoms with Crippen LogP contribution in [0.15, 0.2) is 0 Å². The van der Waals surface area contributed by atoms with Crippen molar-refractivity contribution in [1.82, 2.24) is 10.2 Å². The summed E-state index contributed by atoms with van der Waals surface area (Å²) in [7, 11) is 0. The molecule has 1 unspecified atom stereocenters. The maximum atomic E-state index is 11.7. The number of nitrogens with one attached hydrogen (secondary N) is 1. The first-order valence-electron chi connectivity index (χ1n) is 7.29. The molecule has 110 valence electrons. The van der Waals surface area contributed by atoms with Crippen LogP contribution in [0.2, 0.25) is 0 Å². The van der Waals surface area contributed by atoms with Gasteiger partial charge in [-0.1, -0.05) is 13.3 Å². The summed E-state index contributed by atoms with van der Waals surface area (Å²) in [6.07, 6.45) is 5.34. The Bertz CT molecular complexity index is 294. The third-order valence-electron chi connectivity index (χ3n) is 3.51. The second kappa shape index (κ2) is 8.91. The molecule has 1 aliphatic heterocycles. The van der Waals surface area contributed by atoms with Crippen LogP contribution >= 0.6 is 0 Å². The van der Waals surface area contributed by atoms with E-state index in [0.717, 1.165) is 32.1 Å². The van der Waals surface area contributed by atoms with E-state index in [4.69, 9.17) is 5.11 Å². The third kappa shape index (κ3) is 6.57. The number of aliphatic hydroxyl groups excluding tert-OH is 1. The zero-order chi connectivity index (χ0) is 14.1. The zero-order valence-corrected chi connectivity index (χ0v) is 11.9. The Balaban J connectivity index is 2.17. The van der Waals surface area contributed by atoms with E-state index in [-0.39, 0.29) is 30.9 Å². The minimum Gasteiger partial charge on any atom is -0.396 e. The van der Waals surface area contributed by atoms with Crippen LogP contribution in [0.1, 0.15) is 45.4 Å². The van der Waals surface area contributed by atoms with Crippen molar-refractivity contribution in [2.45, 2.75) is 45.4 Å². The molecule has 19 heavy (non-hydrogen) atoms. The fourth-order valence-corrected chi connectivity index (χ4v) is 2.20. The highest BCUT2D eigenvalue weighted by Crippen LogP contribution is 2.10. The van der Waals surface area contributed by atoms with E-state index in [1.54, 1.807) is 4.90 Å². The summed E-state index contributed by atoms with van der Waals surface area (Å²) in [4.78, 5) is 25.1. The number of aliphatic hydroxyl groups is 1. The van der Waals surface area contributed by atoms with Gasteiger partial charge in [0.1, 0.15) is 0 Å². The highest BCUT2D eigenvalue weighted by Gasteiger charge is 2.18. The molecule has 0 aromatic rings. The zero-order valence-electron chi connectivity index (χ0n) is 11.9. The first-order valence-corrected chi connectivity index (χ1v) is 7.29. The van der Waals surface area contributed by atoms with Crippen molar-refractivity contribution in [3.63, 3.8) is 0 Å². The maximum absolute atomic E-state index is 11.7. The Hall–Kier alpha value is -1.10. The molecular formula is C14H26N2O3. The number of hydrogen-bond acceptors (Lipinski definition) is 3. The summed E-state index contributed by atoms with van der Waals surface area (Å²) in [5.41, 5.74) is 0. The second-order valence-corrected chi connectivity index (χ2v) is 5.41. The number of amides is 2. The van der Waals surface area contributed by atoms with E-state index >= 15 is 0 Å². The summed E-state index contributed by atoms with van der Waals surface area (Å²) in [5, 5.41) is 11.7. The van der Waals surface area contributed by atoms with Gasteiger partial charge in [-0.3, -0.25) is 9.59 Å². The minimum atomic E-state index is -0.0769. The van der Waals surface area contributed by atoms with Crippen LogP contribution in [0.25, 0.3) is 0 Å². The van der Waals surface area contributed by atoms with Gasteiger partial charge in [-0.05, 0) is 31.6 Å². The van der Waals surface area contributed by atoms with Crippen molar-refractivity contribution < 1.29 is 14.7 Å². The van der Waals surface area contributed by atoms with E-state index in [1.165, 1.54) is 0 Å². The molecule has 0 aliphatic carbocycles. The van der Waals surface area contributed by atoms with Gasteiger partial charge in [0.15, 0.2) is 0 Å². The molecule has 0 bridgehead atoms. The van der Waals surface area contributed by atoms with Crippen LogP contribution in [0.5, 0.6) is 0 Å². The standard InChI is InChI=1S/C14H26N2O3/c1-12(11-17)6-5-8-15-13(18)10-16-9-4-2-3-7-14(16)19/h12,17H,2-11H2,1H3,(H,15,18). The van der Waals surface area contributed by atoms with Crippen LogP contribution in [0.3, 0.4) is 0 Å². The number of hydrogen-bond donors (Lipinski definition) is 2. The Labute approximate surface area is 115 Å². The summed E-state index contributed by atoms with van der Waals surface area (Å²) in [6.45, 7) is 3.68. The molecule has 0 aromatic carbocycles. The van der Waals surface area contributed by atoms with Crippen LogP contribution in [0, 0.1) is 5.92 Å². The predicted octanol–water partition coefficient (Wildman–Crippen LogP) is 0.914. The number of nitrogens with zero attached hydrogens (tertiary/aromatic N) is 1. The smallest absolute Gasteiger partial charge is 0.239 e. The monoisotopic (exact) mass is 270 g/mol. The Morgan fingerprint density at radius 1 is 1.42 bits per heavy atom. The van der Waals surface area contributed by atoms with E-state index in [2.05, 4.69) is 5.32 Å². The molecule has 1 aliphatic rings. The molecule has 1 atom stereocenters. The molecule has 0 saturated carbocycles. The highest BCUT2D eigenvalue weighted by molar-refractivity contribution is 5.84. The topological polar surface area (TPSA) is 69.6 Å². The van der Waals surface area contributed by atoms with Gasteiger partial charge in [0, 0.05) is 26.1 Å². The van der Waals surface area contributed by atoms with Gasteiger partial charge >= 0.3 is 0 Å². The highest BCUT2D eigenvalue weighted by atomic mass is 16.3. The molecule has 0 spiro atoms. The van der Waals surface area contributed by atoms with Crippen molar-refractivity contribution in [2.24, 2.45) is 5.92 Å². The van der Waals surface area contributed by atoms with Gasteiger partial charge in [-0.2, -0.15) is 0 Å². The lowest BCUT2D eigenvalue weighted by Crippen LogP contribution is -2.40. The Morgan fingerprint density at radius 3 is 2.95 bits per heavy atom. The first kappa shape index (κ1) is 16.0. The SMILES string of the molecule is CC(CO)CCCNC(=O)CN1CCCCCC1=O. The minimum absolute atomic E-state index is 0.0769. The normalized spacial score (nSPS) is 18.0. The summed E-state index contributed by atoms with van der Waals surface area (Å²) in [6, 6.07) is 0. The van der Waals surface area contributed by atoms with Crippen LogP contribution < -0.4 is 5.32 Å². The van der Waals surface area contributed by atoms with Gasteiger partial charge in [0.25, 0.3) is 0 Å². The largest absolute Gasteiger partial charge is 0.396 e. The molecule has 0 aromatic heterocycles. The van der Waals surface area contributed by atoms with Gasteiger partial charge in [0.2, 0.25) is 11.8 Å². The van der Waals surface area contributed by atoms with Crippen molar-refractivity contribution >= 4 is 11.8 Å².